The van der Waals surface area contributed by atoms with Gasteiger partial charge in [-0.1, -0.05) is 13.8 Å². The molecule has 0 amide bonds. The molecule has 2 heterocycles. The van der Waals surface area contributed by atoms with Crippen LogP contribution >= 0.6 is 0 Å². The number of hydrogen-bond donors (Lipinski definition) is 1. The van der Waals surface area contributed by atoms with Crippen LogP contribution in [-0.4, -0.2) is 48.3 Å². The molecule has 0 bridgehead atoms. The number of ether oxygens (including phenoxy) is 1. The molecule has 0 spiro atoms. The average Bonchev–Trinajstić information content (AvgIpc) is 3.05. The second kappa shape index (κ2) is 5.01. The van der Waals surface area contributed by atoms with Gasteiger partial charge < -0.3 is 10.1 Å². The topological polar surface area (TPSA) is 24.5 Å². The van der Waals surface area contributed by atoms with E-state index in [0.717, 1.165) is 25.6 Å². The molecule has 3 fully saturated rings. The molecule has 2 aliphatic heterocycles. The van der Waals surface area contributed by atoms with Crippen LogP contribution in [0, 0.1) is 11.8 Å². The molecule has 2 saturated heterocycles. The average molecular weight is 266 g/mol. The van der Waals surface area contributed by atoms with Crippen molar-refractivity contribution in [3.63, 3.8) is 0 Å². The lowest BCUT2D eigenvalue weighted by atomic mass is 9.89. The highest BCUT2D eigenvalue weighted by Crippen LogP contribution is 2.41. The predicted molar refractivity (Wildman–Crippen MR) is 78.3 cm³/mol. The summed E-state index contributed by atoms with van der Waals surface area (Å²) >= 11 is 0. The van der Waals surface area contributed by atoms with Crippen LogP contribution in [0.3, 0.4) is 0 Å². The van der Waals surface area contributed by atoms with Crippen LogP contribution in [0.5, 0.6) is 0 Å². The zero-order valence-corrected chi connectivity index (χ0v) is 13.0. The minimum Gasteiger partial charge on any atom is -0.376 e. The normalized spacial score (nSPS) is 39.9. The van der Waals surface area contributed by atoms with Gasteiger partial charge >= 0.3 is 0 Å². The highest BCUT2D eigenvalue weighted by Gasteiger charge is 2.47. The first-order valence-corrected chi connectivity index (χ1v) is 8.10. The Morgan fingerprint density at radius 2 is 1.95 bits per heavy atom. The maximum absolute atomic E-state index is 6.08. The van der Waals surface area contributed by atoms with Gasteiger partial charge in [0.2, 0.25) is 0 Å². The molecule has 1 saturated carbocycles. The summed E-state index contributed by atoms with van der Waals surface area (Å²) in [5.74, 6) is 1.57. The lowest BCUT2D eigenvalue weighted by Gasteiger charge is -2.49. The van der Waals surface area contributed by atoms with Gasteiger partial charge in [0, 0.05) is 37.3 Å². The number of rotatable bonds is 3. The van der Waals surface area contributed by atoms with E-state index in [-0.39, 0.29) is 5.54 Å². The van der Waals surface area contributed by atoms with Crippen LogP contribution in [0.25, 0.3) is 0 Å². The minimum absolute atomic E-state index is 0.238. The Hall–Kier alpha value is -0.120. The maximum Gasteiger partial charge on any atom is 0.0759 e. The quantitative estimate of drug-likeness (QED) is 0.848. The molecular formula is C16H30N2O. The summed E-state index contributed by atoms with van der Waals surface area (Å²) in [6.45, 7) is 12.6. The largest absolute Gasteiger partial charge is 0.376 e. The van der Waals surface area contributed by atoms with Crippen molar-refractivity contribution < 1.29 is 4.74 Å². The maximum atomic E-state index is 6.08. The van der Waals surface area contributed by atoms with Gasteiger partial charge in [-0.05, 0) is 44.9 Å². The zero-order chi connectivity index (χ0) is 13.6. The van der Waals surface area contributed by atoms with Crippen LogP contribution in [-0.2, 0) is 4.74 Å². The first-order chi connectivity index (χ1) is 8.98. The Morgan fingerprint density at radius 3 is 2.58 bits per heavy atom. The molecule has 0 aromatic rings. The van der Waals surface area contributed by atoms with Crippen molar-refractivity contribution in [1.82, 2.24) is 10.2 Å². The molecule has 0 aromatic carbocycles. The van der Waals surface area contributed by atoms with Crippen LogP contribution < -0.4 is 5.32 Å². The Kier molecular flexibility index (Phi) is 3.65. The van der Waals surface area contributed by atoms with Crippen molar-refractivity contribution in [3.8, 4) is 0 Å². The molecule has 3 heteroatoms. The Balaban J connectivity index is 1.77. The summed E-state index contributed by atoms with van der Waals surface area (Å²) < 4.78 is 6.08. The van der Waals surface area contributed by atoms with Crippen molar-refractivity contribution in [2.24, 2.45) is 11.8 Å². The second-order valence-corrected chi connectivity index (χ2v) is 7.78. The van der Waals surface area contributed by atoms with E-state index in [1.807, 2.05) is 0 Å². The Morgan fingerprint density at radius 1 is 1.21 bits per heavy atom. The van der Waals surface area contributed by atoms with E-state index in [1.54, 1.807) is 0 Å². The van der Waals surface area contributed by atoms with E-state index in [0.29, 0.717) is 24.1 Å². The van der Waals surface area contributed by atoms with E-state index in [4.69, 9.17) is 4.74 Å². The Labute approximate surface area is 118 Å². The van der Waals surface area contributed by atoms with Gasteiger partial charge in [-0.3, -0.25) is 4.90 Å². The van der Waals surface area contributed by atoms with E-state index in [2.05, 4.69) is 37.9 Å². The lowest BCUT2D eigenvalue weighted by Crippen LogP contribution is -2.66. The number of nitrogens with zero attached hydrogens (tertiary/aromatic N) is 1. The Bertz CT molecular complexity index is 325. The van der Waals surface area contributed by atoms with Gasteiger partial charge in [0.15, 0.2) is 0 Å². The molecule has 3 rings (SSSR count). The molecule has 3 atom stereocenters. The fourth-order valence-electron chi connectivity index (χ4n) is 3.94. The first kappa shape index (κ1) is 13.8. The molecule has 3 aliphatic rings. The number of piperazine rings is 1. The molecule has 1 N–H and O–H groups in total. The summed E-state index contributed by atoms with van der Waals surface area (Å²) in [5.41, 5.74) is 0.238. The highest BCUT2D eigenvalue weighted by atomic mass is 16.5. The van der Waals surface area contributed by atoms with E-state index in [9.17, 15) is 0 Å². The third kappa shape index (κ3) is 2.84. The van der Waals surface area contributed by atoms with Crippen LogP contribution in [0.15, 0.2) is 0 Å². The second-order valence-electron chi connectivity index (χ2n) is 7.78. The van der Waals surface area contributed by atoms with Crippen LogP contribution in [0.4, 0.5) is 0 Å². The van der Waals surface area contributed by atoms with E-state index < -0.39 is 0 Å². The first-order valence-electron chi connectivity index (χ1n) is 8.10. The highest BCUT2D eigenvalue weighted by molar-refractivity contribution is 5.02. The summed E-state index contributed by atoms with van der Waals surface area (Å²) in [4.78, 5) is 2.79. The summed E-state index contributed by atoms with van der Waals surface area (Å²) in [5, 5.41) is 3.72. The molecule has 3 nitrogen and oxygen atoms in total. The zero-order valence-electron chi connectivity index (χ0n) is 13.0. The van der Waals surface area contributed by atoms with Crippen molar-refractivity contribution >= 4 is 0 Å². The summed E-state index contributed by atoms with van der Waals surface area (Å²) in [7, 11) is 0. The predicted octanol–water partition coefficient (Wildman–Crippen LogP) is 2.26. The third-order valence-electron chi connectivity index (χ3n) is 5.18. The van der Waals surface area contributed by atoms with E-state index >= 15 is 0 Å². The van der Waals surface area contributed by atoms with E-state index in [1.165, 1.54) is 19.3 Å². The van der Waals surface area contributed by atoms with Crippen molar-refractivity contribution in [2.45, 2.75) is 70.7 Å². The van der Waals surface area contributed by atoms with Gasteiger partial charge in [-0.2, -0.15) is 0 Å². The minimum atomic E-state index is 0.238. The fourth-order valence-corrected chi connectivity index (χ4v) is 3.94. The fraction of sp³-hybridized carbons (Fsp3) is 1.00. The van der Waals surface area contributed by atoms with Gasteiger partial charge in [-0.15, -0.1) is 0 Å². The van der Waals surface area contributed by atoms with Crippen molar-refractivity contribution in [2.75, 3.05) is 19.7 Å². The molecule has 3 unspecified atom stereocenters. The molecule has 110 valence electrons. The van der Waals surface area contributed by atoms with Crippen LogP contribution in [0.1, 0.15) is 47.0 Å². The molecule has 19 heavy (non-hydrogen) atoms. The molecule has 1 aliphatic carbocycles. The SMILES string of the molecule is CC(C)C1CNC(C)(C)CN1C1CCOC1C1CC1. The molecule has 0 radical (unpaired) electrons. The summed E-state index contributed by atoms with van der Waals surface area (Å²) in [6.07, 6.45) is 4.54. The molecule has 0 aromatic heterocycles. The molecular weight excluding hydrogens is 236 g/mol. The van der Waals surface area contributed by atoms with Crippen LogP contribution in [0.2, 0.25) is 0 Å². The van der Waals surface area contributed by atoms with Crippen molar-refractivity contribution in [3.05, 3.63) is 0 Å². The van der Waals surface area contributed by atoms with Crippen molar-refractivity contribution in [1.29, 1.82) is 0 Å². The van der Waals surface area contributed by atoms with Gasteiger partial charge in [0.1, 0.15) is 0 Å². The third-order valence-corrected chi connectivity index (χ3v) is 5.18. The summed E-state index contributed by atoms with van der Waals surface area (Å²) in [6, 6.07) is 1.34. The van der Waals surface area contributed by atoms with Gasteiger partial charge in [0.25, 0.3) is 0 Å². The smallest absolute Gasteiger partial charge is 0.0759 e. The standard InChI is InChI=1S/C16H30N2O/c1-11(2)14-9-17-16(3,4)10-18(14)13-7-8-19-15(13)12-5-6-12/h11-15,17H,5-10H2,1-4H3. The monoisotopic (exact) mass is 266 g/mol. The number of nitrogens with one attached hydrogen (secondary N) is 1. The van der Waals surface area contributed by atoms with Gasteiger partial charge in [0.05, 0.1) is 6.10 Å². The lowest BCUT2D eigenvalue weighted by molar-refractivity contribution is -0.0123. The number of hydrogen-bond acceptors (Lipinski definition) is 3. The van der Waals surface area contributed by atoms with Gasteiger partial charge in [-0.25, -0.2) is 0 Å².